The third kappa shape index (κ3) is 2.94. The average Bonchev–Trinajstić information content (AvgIpc) is 3.16. The summed E-state index contributed by atoms with van der Waals surface area (Å²) >= 11 is 0. The number of carbonyl (C=O) groups is 1. The highest BCUT2D eigenvalue weighted by atomic mass is 16.6. The molecule has 8 unspecified atom stereocenters. The highest BCUT2D eigenvalue weighted by molar-refractivity contribution is 5.71. The number of hydrogen-bond acceptors (Lipinski definition) is 2. The third-order valence-corrected chi connectivity index (χ3v) is 9.49. The standard InChI is InChI=1S/C24H42O2/c1-9-16-11-17(10-2)22-19-12-18(21(16)22)15(5)24(19,8)13-20(25)26-23(6,7)14(3)4/h14-19,21-22H,9-13H2,1-8H3. The van der Waals surface area contributed by atoms with Crippen LogP contribution in [0.25, 0.3) is 0 Å². The monoisotopic (exact) mass is 362 g/mol. The molecule has 0 amide bonds. The second kappa shape index (κ2) is 6.82. The van der Waals surface area contributed by atoms with E-state index in [0.717, 1.165) is 35.5 Å². The molecule has 2 bridgehead atoms. The predicted molar refractivity (Wildman–Crippen MR) is 108 cm³/mol. The van der Waals surface area contributed by atoms with Crippen LogP contribution >= 0.6 is 0 Å². The second-order valence-corrected chi connectivity index (χ2v) is 10.9. The minimum atomic E-state index is -0.372. The van der Waals surface area contributed by atoms with Gasteiger partial charge in [-0.25, -0.2) is 0 Å². The molecule has 0 aliphatic heterocycles. The Balaban J connectivity index is 1.78. The molecule has 0 N–H and O–H groups in total. The van der Waals surface area contributed by atoms with E-state index in [1.165, 1.54) is 25.7 Å². The lowest BCUT2D eigenvalue weighted by Gasteiger charge is -2.47. The number of esters is 1. The van der Waals surface area contributed by atoms with Gasteiger partial charge in [0.25, 0.3) is 0 Å². The lowest BCUT2D eigenvalue weighted by Crippen LogP contribution is -2.44. The molecule has 26 heavy (non-hydrogen) atoms. The summed E-state index contributed by atoms with van der Waals surface area (Å²) in [5.74, 6) is 6.18. The van der Waals surface area contributed by atoms with E-state index in [4.69, 9.17) is 4.74 Å². The first kappa shape index (κ1) is 20.2. The normalized spacial score (nSPS) is 44.6. The maximum atomic E-state index is 12.9. The van der Waals surface area contributed by atoms with Crippen LogP contribution in [0.1, 0.15) is 87.5 Å². The molecular weight excluding hydrogens is 320 g/mol. The Kier molecular flexibility index (Phi) is 5.30. The Labute approximate surface area is 161 Å². The van der Waals surface area contributed by atoms with E-state index in [0.29, 0.717) is 18.3 Å². The first-order valence-corrected chi connectivity index (χ1v) is 11.3. The Bertz CT molecular complexity index is 536. The SMILES string of the molecule is CCC1CC(CC)C2C1C1CC2C(C)(CC(=O)OC(C)(C)C(C)C)C1C. The number of fused-ring (bicyclic) bond motifs is 5. The maximum absolute atomic E-state index is 12.9. The van der Waals surface area contributed by atoms with Crippen LogP contribution in [0, 0.1) is 52.8 Å². The van der Waals surface area contributed by atoms with E-state index in [-0.39, 0.29) is 17.0 Å². The molecule has 150 valence electrons. The van der Waals surface area contributed by atoms with E-state index < -0.39 is 0 Å². The van der Waals surface area contributed by atoms with Gasteiger partial charge in [0.1, 0.15) is 5.60 Å². The van der Waals surface area contributed by atoms with Gasteiger partial charge in [-0.3, -0.25) is 4.79 Å². The Morgan fingerprint density at radius 2 is 1.69 bits per heavy atom. The quantitative estimate of drug-likeness (QED) is 0.516. The molecule has 8 atom stereocenters. The summed E-state index contributed by atoms with van der Waals surface area (Å²) in [6, 6.07) is 0. The average molecular weight is 363 g/mol. The molecule has 3 fully saturated rings. The molecule has 0 radical (unpaired) electrons. The Morgan fingerprint density at radius 1 is 1.12 bits per heavy atom. The summed E-state index contributed by atoms with van der Waals surface area (Å²) in [7, 11) is 0. The first-order chi connectivity index (χ1) is 12.1. The fraction of sp³-hybridized carbons (Fsp3) is 0.958. The number of ether oxygens (including phenoxy) is 1. The molecular formula is C24H42O2. The van der Waals surface area contributed by atoms with Crippen LogP contribution in [-0.4, -0.2) is 11.6 Å². The minimum Gasteiger partial charge on any atom is -0.459 e. The molecule has 0 aromatic rings. The molecule has 2 nitrogen and oxygen atoms in total. The maximum Gasteiger partial charge on any atom is 0.306 e. The van der Waals surface area contributed by atoms with Crippen molar-refractivity contribution >= 4 is 5.97 Å². The van der Waals surface area contributed by atoms with Crippen LogP contribution in [0.2, 0.25) is 0 Å². The Morgan fingerprint density at radius 3 is 2.23 bits per heavy atom. The van der Waals surface area contributed by atoms with E-state index in [1.807, 2.05) is 13.8 Å². The van der Waals surface area contributed by atoms with Crippen molar-refractivity contribution in [3.63, 3.8) is 0 Å². The van der Waals surface area contributed by atoms with Crippen molar-refractivity contribution in [2.24, 2.45) is 52.8 Å². The van der Waals surface area contributed by atoms with Crippen LogP contribution in [0.3, 0.4) is 0 Å². The number of rotatable bonds is 6. The van der Waals surface area contributed by atoms with Crippen molar-refractivity contribution < 1.29 is 9.53 Å². The highest BCUT2D eigenvalue weighted by Gasteiger charge is 2.66. The lowest BCUT2D eigenvalue weighted by molar-refractivity contribution is -0.166. The molecule has 0 aromatic heterocycles. The number of hydrogen-bond donors (Lipinski definition) is 0. The zero-order valence-electron chi connectivity index (χ0n) is 18.5. The summed E-state index contributed by atoms with van der Waals surface area (Å²) in [5, 5.41) is 0. The Hall–Kier alpha value is -0.530. The van der Waals surface area contributed by atoms with Gasteiger partial charge in [0, 0.05) is 0 Å². The molecule has 3 rings (SSSR count). The number of carbonyl (C=O) groups excluding carboxylic acids is 1. The van der Waals surface area contributed by atoms with E-state index in [2.05, 4.69) is 41.5 Å². The molecule has 0 heterocycles. The van der Waals surface area contributed by atoms with Crippen molar-refractivity contribution in [2.75, 3.05) is 0 Å². The van der Waals surface area contributed by atoms with Gasteiger partial charge in [0.15, 0.2) is 0 Å². The molecule has 0 spiro atoms. The van der Waals surface area contributed by atoms with Crippen LogP contribution in [0.15, 0.2) is 0 Å². The van der Waals surface area contributed by atoms with Crippen LogP contribution in [0.4, 0.5) is 0 Å². The van der Waals surface area contributed by atoms with Gasteiger partial charge < -0.3 is 4.74 Å². The van der Waals surface area contributed by atoms with Crippen molar-refractivity contribution in [2.45, 2.75) is 93.1 Å². The van der Waals surface area contributed by atoms with E-state index >= 15 is 0 Å². The smallest absolute Gasteiger partial charge is 0.306 e. The van der Waals surface area contributed by atoms with Gasteiger partial charge in [-0.2, -0.15) is 0 Å². The van der Waals surface area contributed by atoms with Crippen LogP contribution < -0.4 is 0 Å². The van der Waals surface area contributed by atoms with Crippen molar-refractivity contribution in [3.05, 3.63) is 0 Å². The van der Waals surface area contributed by atoms with E-state index in [1.54, 1.807) is 0 Å². The molecule has 3 aliphatic carbocycles. The predicted octanol–water partition coefficient (Wildman–Crippen LogP) is 6.33. The molecule has 0 saturated heterocycles. The fourth-order valence-corrected chi connectivity index (χ4v) is 7.17. The molecule has 2 heteroatoms. The van der Waals surface area contributed by atoms with Gasteiger partial charge in [-0.05, 0) is 79.4 Å². The summed E-state index contributed by atoms with van der Waals surface area (Å²) in [6.45, 7) is 18.0. The molecule has 3 aliphatic rings. The van der Waals surface area contributed by atoms with Gasteiger partial charge in [-0.1, -0.05) is 54.4 Å². The second-order valence-electron chi connectivity index (χ2n) is 10.9. The minimum absolute atomic E-state index is 0.0280. The van der Waals surface area contributed by atoms with Crippen LogP contribution in [-0.2, 0) is 9.53 Å². The van der Waals surface area contributed by atoms with E-state index in [9.17, 15) is 4.79 Å². The van der Waals surface area contributed by atoms with Gasteiger partial charge >= 0.3 is 5.97 Å². The van der Waals surface area contributed by atoms with Gasteiger partial charge in [-0.15, -0.1) is 0 Å². The topological polar surface area (TPSA) is 26.3 Å². The first-order valence-electron chi connectivity index (χ1n) is 11.3. The zero-order valence-corrected chi connectivity index (χ0v) is 18.5. The van der Waals surface area contributed by atoms with Crippen molar-refractivity contribution in [3.8, 4) is 0 Å². The zero-order chi connectivity index (χ0) is 19.4. The van der Waals surface area contributed by atoms with Gasteiger partial charge in [0.2, 0.25) is 0 Å². The summed E-state index contributed by atoms with van der Waals surface area (Å²) in [6.07, 6.45) is 6.07. The fourth-order valence-electron chi connectivity index (χ4n) is 7.17. The third-order valence-electron chi connectivity index (χ3n) is 9.49. The summed E-state index contributed by atoms with van der Waals surface area (Å²) in [5.41, 5.74) is -0.241. The summed E-state index contributed by atoms with van der Waals surface area (Å²) in [4.78, 5) is 12.9. The van der Waals surface area contributed by atoms with Crippen molar-refractivity contribution in [1.82, 2.24) is 0 Å². The summed E-state index contributed by atoms with van der Waals surface area (Å²) < 4.78 is 5.95. The largest absolute Gasteiger partial charge is 0.459 e. The highest BCUT2D eigenvalue weighted by Crippen LogP contribution is 2.72. The lowest BCUT2D eigenvalue weighted by atomic mass is 9.58. The molecule has 0 aromatic carbocycles. The van der Waals surface area contributed by atoms with Crippen molar-refractivity contribution in [1.29, 1.82) is 0 Å². The van der Waals surface area contributed by atoms with Gasteiger partial charge in [0.05, 0.1) is 6.42 Å². The molecule has 3 saturated carbocycles. The van der Waals surface area contributed by atoms with Crippen LogP contribution in [0.5, 0.6) is 0 Å².